The van der Waals surface area contributed by atoms with Crippen molar-refractivity contribution in [3.05, 3.63) is 36.3 Å². The Labute approximate surface area is 82.7 Å². The Bertz CT molecular complexity index is 365. The summed E-state index contributed by atoms with van der Waals surface area (Å²) in [7, 11) is 0. The molecule has 0 bridgehead atoms. The average Bonchev–Trinajstić information content (AvgIpc) is 2.66. The predicted octanol–water partition coefficient (Wildman–Crippen LogP) is 2.60. The standard InChI is InChI=1S/C11H13NO2/c1-2-3-8-4-5-10-9(6-7-14-10)11(8)12-13/h2,6-8,13H,1,3-5H2/b12-11+. The van der Waals surface area contributed by atoms with Gasteiger partial charge >= 0.3 is 0 Å². The Kier molecular flexibility index (Phi) is 2.39. The van der Waals surface area contributed by atoms with Crippen molar-refractivity contribution in [3.8, 4) is 0 Å². The van der Waals surface area contributed by atoms with Gasteiger partial charge in [0.1, 0.15) is 5.76 Å². The molecule has 0 radical (unpaired) electrons. The van der Waals surface area contributed by atoms with Gasteiger partial charge in [0.15, 0.2) is 0 Å². The van der Waals surface area contributed by atoms with Crippen molar-refractivity contribution >= 4 is 5.71 Å². The van der Waals surface area contributed by atoms with Crippen molar-refractivity contribution in [2.24, 2.45) is 11.1 Å². The molecule has 1 aliphatic carbocycles. The monoisotopic (exact) mass is 191 g/mol. The number of hydrogen-bond donors (Lipinski definition) is 1. The minimum atomic E-state index is 0.280. The fourth-order valence-corrected chi connectivity index (χ4v) is 1.99. The Morgan fingerprint density at radius 3 is 3.29 bits per heavy atom. The van der Waals surface area contributed by atoms with E-state index in [9.17, 15) is 0 Å². The Balaban J connectivity index is 2.34. The third-order valence-corrected chi connectivity index (χ3v) is 2.69. The minimum Gasteiger partial charge on any atom is -0.469 e. The second-order valence-electron chi connectivity index (χ2n) is 3.50. The second-order valence-corrected chi connectivity index (χ2v) is 3.50. The summed E-state index contributed by atoms with van der Waals surface area (Å²) >= 11 is 0. The first-order chi connectivity index (χ1) is 6.86. The van der Waals surface area contributed by atoms with E-state index in [2.05, 4.69) is 11.7 Å². The summed E-state index contributed by atoms with van der Waals surface area (Å²) in [4.78, 5) is 0. The molecule has 0 aromatic carbocycles. The molecule has 1 aromatic rings. The van der Waals surface area contributed by atoms with Crippen LogP contribution in [0.4, 0.5) is 0 Å². The van der Waals surface area contributed by atoms with Crippen LogP contribution < -0.4 is 0 Å². The number of aryl methyl sites for hydroxylation is 1. The summed E-state index contributed by atoms with van der Waals surface area (Å²) in [6.45, 7) is 3.71. The van der Waals surface area contributed by atoms with E-state index in [1.54, 1.807) is 6.26 Å². The Morgan fingerprint density at radius 1 is 1.71 bits per heavy atom. The highest BCUT2D eigenvalue weighted by atomic mass is 16.4. The number of rotatable bonds is 2. The van der Waals surface area contributed by atoms with Gasteiger partial charge in [-0.25, -0.2) is 0 Å². The molecule has 3 heteroatoms. The van der Waals surface area contributed by atoms with Crippen LogP contribution in [0.5, 0.6) is 0 Å². The molecule has 0 fully saturated rings. The largest absolute Gasteiger partial charge is 0.469 e. The quantitative estimate of drug-likeness (QED) is 0.443. The summed E-state index contributed by atoms with van der Waals surface area (Å²) in [5, 5.41) is 12.3. The first-order valence-electron chi connectivity index (χ1n) is 4.76. The number of nitrogens with zero attached hydrogens (tertiary/aromatic N) is 1. The first-order valence-corrected chi connectivity index (χ1v) is 4.76. The van der Waals surface area contributed by atoms with E-state index in [1.165, 1.54) is 0 Å². The van der Waals surface area contributed by atoms with Crippen LogP contribution >= 0.6 is 0 Å². The van der Waals surface area contributed by atoms with E-state index in [0.717, 1.165) is 36.3 Å². The fourth-order valence-electron chi connectivity index (χ4n) is 1.99. The highest BCUT2D eigenvalue weighted by molar-refractivity contribution is 6.03. The molecule has 74 valence electrons. The fraction of sp³-hybridized carbons (Fsp3) is 0.364. The van der Waals surface area contributed by atoms with Gasteiger partial charge in [0, 0.05) is 17.9 Å². The van der Waals surface area contributed by atoms with Crippen molar-refractivity contribution in [1.82, 2.24) is 0 Å². The van der Waals surface area contributed by atoms with Gasteiger partial charge in [-0.2, -0.15) is 0 Å². The SMILES string of the molecule is C=CCC1CCc2occc2/C1=N/O. The summed E-state index contributed by atoms with van der Waals surface area (Å²) in [5.41, 5.74) is 1.69. The summed E-state index contributed by atoms with van der Waals surface area (Å²) < 4.78 is 5.30. The van der Waals surface area contributed by atoms with Gasteiger partial charge in [0.05, 0.1) is 12.0 Å². The Hall–Kier alpha value is -1.51. The predicted molar refractivity (Wildman–Crippen MR) is 53.7 cm³/mol. The molecule has 2 rings (SSSR count). The highest BCUT2D eigenvalue weighted by Crippen LogP contribution is 2.29. The zero-order valence-corrected chi connectivity index (χ0v) is 7.94. The third kappa shape index (κ3) is 1.35. The molecule has 1 heterocycles. The summed E-state index contributed by atoms with van der Waals surface area (Å²) in [6.07, 6.45) is 6.24. The van der Waals surface area contributed by atoms with E-state index in [0.29, 0.717) is 0 Å². The van der Waals surface area contributed by atoms with Crippen molar-refractivity contribution in [2.45, 2.75) is 19.3 Å². The molecule has 0 saturated heterocycles. The van der Waals surface area contributed by atoms with Crippen LogP contribution in [-0.2, 0) is 6.42 Å². The van der Waals surface area contributed by atoms with E-state index in [-0.39, 0.29) is 5.92 Å². The molecule has 0 amide bonds. The van der Waals surface area contributed by atoms with Gasteiger partial charge in [0.2, 0.25) is 0 Å². The lowest BCUT2D eigenvalue weighted by molar-refractivity contribution is 0.313. The average molecular weight is 191 g/mol. The van der Waals surface area contributed by atoms with E-state index >= 15 is 0 Å². The van der Waals surface area contributed by atoms with Crippen molar-refractivity contribution in [3.63, 3.8) is 0 Å². The van der Waals surface area contributed by atoms with Crippen LogP contribution in [0.2, 0.25) is 0 Å². The third-order valence-electron chi connectivity index (χ3n) is 2.69. The number of allylic oxidation sites excluding steroid dienone is 1. The van der Waals surface area contributed by atoms with Crippen LogP contribution in [0, 0.1) is 5.92 Å². The number of hydrogen-bond acceptors (Lipinski definition) is 3. The molecule has 1 aromatic heterocycles. The normalized spacial score (nSPS) is 23.4. The number of furan rings is 1. The molecule has 14 heavy (non-hydrogen) atoms. The summed E-state index contributed by atoms with van der Waals surface area (Å²) in [5.74, 6) is 1.21. The molecule has 0 aliphatic heterocycles. The van der Waals surface area contributed by atoms with Gasteiger partial charge in [-0.3, -0.25) is 0 Å². The lowest BCUT2D eigenvalue weighted by Crippen LogP contribution is -2.21. The number of fused-ring (bicyclic) bond motifs is 1. The maximum Gasteiger partial charge on any atom is 0.112 e. The van der Waals surface area contributed by atoms with Crippen LogP contribution in [0.15, 0.2) is 34.6 Å². The highest BCUT2D eigenvalue weighted by Gasteiger charge is 2.27. The van der Waals surface area contributed by atoms with Gasteiger partial charge in [0.25, 0.3) is 0 Å². The van der Waals surface area contributed by atoms with Gasteiger partial charge in [-0.15, -0.1) is 6.58 Å². The van der Waals surface area contributed by atoms with Crippen LogP contribution in [0.1, 0.15) is 24.2 Å². The first kappa shape index (κ1) is 9.06. The molecule has 0 saturated carbocycles. The number of oxime groups is 1. The second kappa shape index (κ2) is 3.70. The Morgan fingerprint density at radius 2 is 2.57 bits per heavy atom. The van der Waals surface area contributed by atoms with Crippen LogP contribution in [0.25, 0.3) is 0 Å². The molecular weight excluding hydrogens is 178 g/mol. The van der Waals surface area contributed by atoms with Crippen molar-refractivity contribution in [2.75, 3.05) is 0 Å². The van der Waals surface area contributed by atoms with E-state index in [4.69, 9.17) is 9.62 Å². The topological polar surface area (TPSA) is 45.7 Å². The zero-order valence-electron chi connectivity index (χ0n) is 7.94. The van der Waals surface area contributed by atoms with Crippen LogP contribution in [-0.4, -0.2) is 10.9 Å². The lowest BCUT2D eigenvalue weighted by Gasteiger charge is -2.20. The molecule has 3 nitrogen and oxygen atoms in total. The summed E-state index contributed by atoms with van der Waals surface area (Å²) in [6, 6.07) is 1.86. The van der Waals surface area contributed by atoms with Crippen molar-refractivity contribution in [1.29, 1.82) is 0 Å². The minimum absolute atomic E-state index is 0.280. The van der Waals surface area contributed by atoms with Gasteiger partial charge in [-0.1, -0.05) is 11.2 Å². The van der Waals surface area contributed by atoms with Gasteiger partial charge < -0.3 is 9.62 Å². The molecular formula is C11H13NO2. The van der Waals surface area contributed by atoms with Crippen molar-refractivity contribution < 1.29 is 9.62 Å². The molecule has 1 atom stereocenters. The maximum atomic E-state index is 8.97. The smallest absolute Gasteiger partial charge is 0.112 e. The molecule has 1 N–H and O–H groups in total. The molecule has 1 unspecified atom stereocenters. The van der Waals surface area contributed by atoms with Gasteiger partial charge in [-0.05, 0) is 18.9 Å². The lowest BCUT2D eigenvalue weighted by atomic mass is 9.84. The van der Waals surface area contributed by atoms with Crippen LogP contribution in [0.3, 0.4) is 0 Å². The molecule has 0 spiro atoms. The zero-order chi connectivity index (χ0) is 9.97. The maximum absolute atomic E-state index is 8.97. The molecule has 1 aliphatic rings. The van der Waals surface area contributed by atoms with E-state index < -0.39 is 0 Å². The van der Waals surface area contributed by atoms with E-state index in [1.807, 2.05) is 12.1 Å².